The number of rotatable bonds is 6. The number of hydrogen-bond donors (Lipinski definition) is 1. The summed E-state index contributed by atoms with van der Waals surface area (Å²) in [6.45, 7) is 9.59. The van der Waals surface area contributed by atoms with Gasteiger partial charge in [0.25, 0.3) is 0 Å². The number of fused-ring (bicyclic) bond motifs is 1. The summed E-state index contributed by atoms with van der Waals surface area (Å²) in [5, 5.41) is 16.5. The van der Waals surface area contributed by atoms with Crippen LogP contribution in [0.3, 0.4) is 0 Å². The van der Waals surface area contributed by atoms with E-state index < -0.39 is 0 Å². The van der Waals surface area contributed by atoms with E-state index in [1.807, 2.05) is 11.7 Å². The van der Waals surface area contributed by atoms with Gasteiger partial charge in [-0.1, -0.05) is 13.8 Å². The second kappa shape index (κ2) is 7.88. The number of nitrogens with one attached hydrogen (secondary N) is 1. The molecule has 0 atom stereocenters. The second-order valence-electron chi connectivity index (χ2n) is 7.18. The Morgan fingerprint density at radius 3 is 2.92 bits per heavy atom. The molecule has 0 saturated heterocycles. The molecule has 3 rings (SSSR count). The SMILES string of the molecule is CCNC(=NCc1nnc2n1CCC2)N(C)Cc1cn(C)nc1C(C)C. The predicted octanol–water partition coefficient (Wildman–Crippen LogP) is 1.68. The fraction of sp³-hybridized carbons (Fsp3) is 0.667. The molecule has 0 fully saturated rings. The van der Waals surface area contributed by atoms with Crippen molar-refractivity contribution in [3.8, 4) is 0 Å². The van der Waals surface area contributed by atoms with Gasteiger partial charge in [0.2, 0.25) is 0 Å². The minimum absolute atomic E-state index is 0.401. The predicted molar refractivity (Wildman–Crippen MR) is 102 cm³/mol. The molecule has 0 unspecified atom stereocenters. The largest absolute Gasteiger partial charge is 0.357 e. The lowest BCUT2D eigenvalue weighted by molar-refractivity contribution is 0.472. The van der Waals surface area contributed by atoms with Crippen molar-refractivity contribution in [2.45, 2.75) is 59.2 Å². The van der Waals surface area contributed by atoms with Gasteiger partial charge in [-0.2, -0.15) is 5.10 Å². The third kappa shape index (κ3) is 3.89. The highest BCUT2D eigenvalue weighted by Crippen LogP contribution is 2.19. The van der Waals surface area contributed by atoms with Crippen LogP contribution in [0.15, 0.2) is 11.2 Å². The van der Waals surface area contributed by atoms with E-state index in [1.165, 1.54) is 5.56 Å². The lowest BCUT2D eigenvalue weighted by atomic mass is 10.1. The smallest absolute Gasteiger partial charge is 0.194 e. The first-order valence-corrected chi connectivity index (χ1v) is 9.42. The second-order valence-corrected chi connectivity index (χ2v) is 7.18. The van der Waals surface area contributed by atoms with Gasteiger partial charge in [-0.25, -0.2) is 4.99 Å². The molecule has 1 aliphatic heterocycles. The van der Waals surface area contributed by atoms with Crippen LogP contribution in [0.4, 0.5) is 0 Å². The van der Waals surface area contributed by atoms with Crippen molar-refractivity contribution in [1.82, 2.24) is 34.8 Å². The van der Waals surface area contributed by atoms with Crippen LogP contribution >= 0.6 is 0 Å². The maximum absolute atomic E-state index is 4.79. The fourth-order valence-electron chi connectivity index (χ4n) is 3.44. The number of nitrogens with zero attached hydrogens (tertiary/aromatic N) is 7. The number of aliphatic imine (C=N–C) groups is 1. The zero-order chi connectivity index (χ0) is 18.7. The Bertz CT molecular complexity index is 770. The first-order chi connectivity index (χ1) is 12.5. The molecule has 0 saturated carbocycles. The van der Waals surface area contributed by atoms with Crippen LogP contribution < -0.4 is 5.32 Å². The Kier molecular flexibility index (Phi) is 5.58. The molecule has 0 radical (unpaired) electrons. The van der Waals surface area contributed by atoms with Gasteiger partial charge in [0, 0.05) is 51.9 Å². The Morgan fingerprint density at radius 1 is 1.38 bits per heavy atom. The zero-order valence-electron chi connectivity index (χ0n) is 16.5. The van der Waals surface area contributed by atoms with Gasteiger partial charge in [0.15, 0.2) is 11.8 Å². The van der Waals surface area contributed by atoms with E-state index >= 15 is 0 Å². The maximum Gasteiger partial charge on any atom is 0.194 e. The summed E-state index contributed by atoms with van der Waals surface area (Å²) in [6.07, 6.45) is 4.27. The van der Waals surface area contributed by atoms with E-state index in [0.717, 1.165) is 55.8 Å². The van der Waals surface area contributed by atoms with E-state index in [1.54, 1.807) is 0 Å². The lowest BCUT2D eigenvalue weighted by Crippen LogP contribution is -2.38. The first kappa shape index (κ1) is 18.4. The van der Waals surface area contributed by atoms with Crippen molar-refractivity contribution in [3.63, 3.8) is 0 Å². The average molecular weight is 358 g/mol. The Morgan fingerprint density at radius 2 is 2.19 bits per heavy atom. The van der Waals surface area contributed by atoms with Gasteiger partial charge < -0.3 is 14.8 Å². The molecule has 8 heteroatoms. The summed E-state index contributed by atoms with van der Waals surface area (Å²) >= 11 is 0. The summed E-state index contributed by atoms with van der Waals surface area (Å²) in [7, 11) is 4.04. The molecule has 0 aliphatic carbocycles. The van der Waals surface area contributed by atoms with E-state index in [0.29, 0.717) is 12.5 Å². The minimum atomic E-state index is 0.401. The molecule has 1 N–H and O–H groups in total. The molecule has 0 spiro atoms. The topological polar surface area (TPSA) is 76.2 Å². The number of aryl methyl sites for hydroxylation is 2. The van der Waals surface area contributed by atoms with Crippen molar-refractivity contribution in [2.24, 2.45) is 12.0 Å². The van der Waals surface area contributed by atoms with Crippen LogP contribution in [0, 0.1) is 0 Å². The molecule has 2 aromatic rings. The van der Waals surface area contributed by atoms with Crippen LogP contribution in [-0.2, 0) is 33.1 Å². The van der Waals surface area contributed by atoms with Gasteiger partial charge >= 0.3 is 0 Å². The summed E-state index contributed by atoms with van der Waals surface area (Å²) < 4.78 is 4.09. The molecular weight excluding hydrogens is 328 g/mol. The van der Waals surface area contributed by atoms with E-state index in [2.05, 4.69) is 64.1 Å². The molecule has 0 aromatic carbocycles. The third-order valence-corrected chi connectivity index (χ3v) is 4.64. The normalized spacial score (nSPS) is 14.2. The highest BCUT2D eigenvalue weighted by Gasteiger charge is 2.18. The molecule has 0 bridgehead atoms. The molecule has 3 heterocycles. The highest BCUT2D eigenvalue weighted by atomic mass is 15.3. The maximum atomic E-state index is 4.79. The quantitative estimate of drug-likeness (QED) is 0.628. The molecule has 8 nitrogen and oxygen atoms in total. The number of hydrogen-bond acceptors (Lipinski definition) is 4. The van der Waals surface area contributed by atoms with Crippen LogP contribution in [-0.4, -0.2) is 49.0 Å². The van der Waals surface area contributed by atoms with Crippen LogP contribution in [0.25, 0.3) is 0 Å². The highest BCUT2D eigenvalue weighted by molar-refractivity contribution is 5.79. The van der Waals surface area contributed by atoms with Gasteiger partial charge in [0.1, 0.15) is 12.4 Å². The van der Waals surface area contributed by atoms with Crippen LogP contribution in [0.5, 0.6) is 0 Å². The van der Waals surface area contributed by atoms with E-state index in [-0.39, 0.29) is 0 Å². The summed E-state index contributed by atoms with van der Waals surface area (Å²) in [6, 6.07) is 0. The first-order valence-electron chi connectivity index (χ1n) is 9.42. The Labute approximate surface area is 155 Å². The molecule has 1 aliphatic rings. The van der Waals surface area contributed by atoms with Crippen molar-refractivity contribution < 1.29 is 0 Å². The van der Waals surface area contributed by atoms with E-state index in [4.69, 9.17) is 4.99 Å². The molecular formula is C18H30N8. The van der Waals surface area contributed by atoms with Crippen molar-refractivity contribution in [2.75, 3.05) is 13.6 Å². The van der Waals surface area contributed by atoms with Crippen LogP contribution in [0.1, 0.15) is 56.0 Å². The van der Waals surface area contributed by atoms with Gasteiger partial charge in [0.05, 0.1) is 5.69 Å². The Hall–Kier alpha value is -2.38. The van der Waals surface area contributed by atoms with Gasteiger partial charge in [-0.15, -0.1) is 10.2 Å². The number of aromatic nitrogens is 5. The Balaban J connectivity index is 1.74. The summed E-state index contributed by atoms with van der Waals surface area (Å²) in [4.78, 5) is 6.94. The average Bonchev–Trinajstić information content (AvgIpc) is 3.27. The van der Waals surface area contributed by atoms with Gasteiger partial charge in [-0.05, 0) is 19.3 Å². The molecule has 26 heavy (non-hydrogen) atoms. The fourth-order valence-corrected chi connectivity index (χ4v) is 3.44. The van der Waals surface area contributed by atoms with Crippen molar-refractivity contribution in [1.29, 1.82) is 0 Å². The monoisotopic (exact) mass is 358 g/mol. The molecule has 0 amide bonds. The minimum Gasteiger partial charge on any atom is -0.357 e. The van der Waals surface area contributed by atoms with E-state index in [9.17, 15) is 0 Å². The third-order valence-electron chi connectivity index (χ3n) is 4.64. The standard InChI is InChI=1S/C18H30N8/c1-6-19-18(20-10-16-22-21-15-8-7-9-26(15)16)24(4)11-14-12-25(5)23-17(14)13(2)3/h12-13H,6-11H2,1-5H3,(H,19,20). The molecule has 2 aromatic heterocycles. The zero-order valence-corrected chi connectivity index (χ0v) is 16.5. The summed E-state index contributed by atoms with van der Waals surface area (Å²) in [5.41, 5.74) is 2.38. The lowest BCUT2D eigenvalue weighted by Gasteiger charge is -2.22. The van der Waals surface area contributed by atoms with Crippen molar-refractivity contribution >= 4 is 5.96 Å². The number of guanidine groups is 1. The van der Waals surface area contributed by atoms with Gasteiger partial charge in [-0.3, -0.25) is 4.68 Å². The van der Waals surface area contributed by atoms with Crippen LogP contribution in [0.2, 0.25) is 0 Å². The molecule has 142 valence electrons. The summed E-state index contributed by atoms with van der Waals surface area (Å²) in [5.74, 6) is 3.31. The van der Waals surface area contributed by atoms with Crippen molar-refractivity contribution in [3.05, 3.63) is 29.1 Å².